The zero-order valence-corrected chi connectivity index (χ0v) is 13.6. The van der Waals surface area contributed by atoms with Crippen LogP contribution in [0.4, 0.5) is 10.5 Å². The van der Waals surface area contributed by atoms with Crippen LogP contribution in [0, 0.1) is 13.8 Å². The van der Waals surface area contributed by atoms with Gasteiger partial charge in [-0.05, 0) is 36.6 Å². The molecule has 124 valence electrons. The van der Waals surface area contributed by atoms with Crippen molar-refractivity contribution < 1.29 is 14.7 Å². The molecule has 0 radical (unpaired) electrons. The first-order chi connectivity index (χ1) is 11.5. The average Bonchev–Trinajstić information content (AvgIpc) is 2.56. The molecule has 0 bridgehead atoms. The van der Waals surface area contributed by atoms with Gasteiger partial charge in [0.2, 0.25) is 0 Å². The SMILES string of the molecule is Cc1ccc(C)c(/N=N/C(=O)NC(Cc2ccccc2)C(=O)O)c1. The van der Waals surface area contributed by atoms with Gasteiger partial charge in [-0.2, -0.15) is 0 Å². The Balaban J connectivity index is 2.04. The molecule has 1 unspecified atom stereocenters. The van der Waals surface area contributed by atoms with Gasteiger partial charge in [0, 0.05) is 6.42 Å². The standard InChI is InChI=1S/C18H19N3O3/c1-12-8-9-13(2)15(10-12)20-21-18(24)19-16(17(22)23)11-14-6-4-3-5-7-14/h3-10,16H,11H2,1-2H3,(H,19,24)(H,22,23)/b21-20+. The van der Waals surface area contributed by atoms with Gasteiger partial charge in [-0.25, -0.2) is 9.59 Å². The van der Waals surface area contributed by atoms with Gasteiger partial charge in [-0.15, -0.1) is 5.11 Å². The van der Waals surface area contributed by atoms with Crippen LogP contribution in [0.1, 0.15) is 16.7 Å². The van der Waals surface area contributed by atoms with Crippen molar-refractivity contribution in [3.8, 4) is 0 Å². The van der Waals surface area contributed by atoms with Gasteiger partial charge in [-0.3, -0.25) is 0 Å². The Hall–Kier alpha value is -3.02. The first kappa shape index (κ1) is 17.3. The molecule has 2 rings (SSSR count). The number of benzene rings is 2. The third kappa shape index (κ3) is 5.01. The molecule has 2 aromatic rings. The maximum absolute atomic E-state index is 11.9. The summed E-state index contributed by atoms with van der Waals surface area (Å²) in [5.74, 6) is -1.12. The summed E-state index contributed by atoms with van der Waals surface area (Å²) in [6, 6.07) is 12.9. The number of nitrogens with zero attached hydrogens (tertiary/aromatic N) is 2. The fraction of sp³-hybridized carbons (Fsp3) is 0.222. The normalized spacial score (nSPS) is 12.1. The number of urea groups is 1. The molecule has 0 saturated heterocycles. The van der Waals surface area contributed by atoms with Crippen molar-refractivity contribution in [3.63, 3.8) is 0 Å². The quantitative estimate of drug-likeness (QED) is 0.819. The predicted octanol–water partition coefficient (Wildman–Crippen LogP) is 3.79. The van der Waals surface area contributed by atoms with Crippen LogP contribution in [0.5, 0.6) is 0 Å². The second kappa shape index (κ2) is 8.01. The molecule has 0 aliphatic heterocycles. The third-order valence-corrected chi connectivity index (χ3v) is 3.49. The van der Waals surface area contributed by atoms with Gasteiger partial charge in [-0.1, -0.05) is 47.6 Å². The Labute approximate surface area is 140 Å². The summed E-state index contributed by atoms with van der Waals surface area (Å²) in [7, 11) is 0. The molecule has 24 heavy (non-hydrogen) atoms. The van der Waals surface area contributed by atoms with E-state index < -0.39 is 18.0 Å². The number of hydrogen-bond donors (Lipinski definition) is 2. The lowest BCUT2D eigenvalue weighted by Gasteiger charge is -2.12. The molecule has 0 aliphatic rings. The molecular formula is C18H19N3O3. The number of amides is 2. The number of carboxylic acid groups (broad SMARTS) is 1. The van der Waals surface area contributed by atoms with Crippen molar-refractivity contribution in [2.24, 2.45) is 10.2 Å². The van der Waals surface area contributed by atoms with Crippen molar-refractivity contribution >= 4 is 17.7 Å². The molecule has 6 nitrogen and oxygen atoms in total. The summed E-state index contributed by atoms with van der Waals surface area (Å²) in [6.45, 7) is 3.78. The zero-order chi connectivity index (χ0) is 17.5. The number of carboxylic acids is 1. The topological polar surface area (TPSA) is 91.1 Å². The third-order valence-electron chi connectivity index (χ3n) is 3.49. The van der Waals surface area contributed by atoms with Crippen molar-refractivity contribution in [1.82, 2.24) is 5.32 Å². The molecule has 2 amide bonds. The van der Waals surface area contributed by atoms with E-state index in [-0.39, 0.29) is 6.42 Å². The van der Waals surface area contributed by atoms with Crippen LogP contribution in [-0.4, -0.2) is 23.1 Å². The zero-order valence-electron chi connectivity index (χ0n) is 13.6. The van der Waals surface area contributed by atoms with Crippen LogP contribution < -0.4 is 5.32 Å². The number of carbonyl (C=O) groups excluding carboxylic acids is 1. The van der Waals surface area contributed by atoms with E-state index in [1.54, 1.807) is 12.1 Å². The highest BCUT2D eigenvalue weighted by Gasteiger charge is 2.20. The van der Waals surface area contributed by atoms with Crippen molar-refractivity contribution in [2.45, 2.75) is 26.3 Å². The van der Waals surface area contributed by atoms with Gasteiger partial charge < -0.3 is 10.4 Å². The van der Waals surface area contributed by atoms with E-state index in [4.69, 9.17) is 0 Å². The van der Waals surface area contributed by atoms with Crippen LogP contribution in [0.2, 0.25) is 0 Å². The maximum atomic E-state index is 11.9. The van der Waals surface area contributed by atoms with E-state index in [0.717, 1.165) is 16.7 Å². The Morgan fingerprint density at radius 2 is 1.83 bits per heavy atom. The van der Waals surface area contributed by atoms with Crippen molar-refractivity contribution in [1.29, 1.82) is 0 Å². The molecule has 2 aromatic carbocycles. The molecule has 1 atom stereocenters. The fourth-order valence-electron chi connectivity index (χ4n) is 2.15. The maximum Gasteiger partial charge on any atom is 0.360 e. The molecule has 0 heterocycles. The molecule has 6 heteroatoms. The highest BCUT2D eigenvalue weighted by Crippen LogP contribution is 2.20. The summed E-state index contributed by atoms with van der Waals surface area (Å²) in [5.41, 5.74) is 3.29. The number of nitrogens with one attached hydrogen (secondary N) is 1. The van der Waals surface area contributed by atoms with Gasteiger partial charge in [0.25, 0.3) is 0 Å². The van der Waals surface area contributed by atoms with E-state index >= 15 is 0 Å². The van der Waals surface area contributed by atoms with Crippen molar-refractivity contribution in [2.75, 3.05) is 0 Å². The molecule has 0 aliphatic carbocycles. The molecule has 0 fully saturated rings. The Morgan fingerprint density at radius 3 is 2.50 bits per heavy atom. The first-order valence-electron chi connectivity index (χ1n) is 7.52. The molecule has 0 aromatic heterocycles. The molecule has 0 saturated carbocycles. The van der Waals surface area contributed by atoms with E-state index in [0.29, 0.717) is 5.69 Å². The number of aryl methyl sites for hydroxylation is 2. The van der Waals surface area contributed by atoms with E-state index in [1.807, 2.05) is 50.2 Å². The lowest BCUT2D eigenvalue weighted by atomic mass is 10.1. The summed E-state index contributed by atoms with van der Waals surface area (Å²) >= 11 is 0. The minimum atomic E-state index is -1.12. The Bertz CT molecular complexity index is 757. The van der Waals surface area contributed by atoms with E-state index in [2.05, 4.69) is 15.5 Å². The van der Waals surface area contributed by atoms with Crippen LogP contribution in [0.3, 0.4) is 0 Å². The predicted molar refractivity (Wildman–Crippen MR) is 90.5 cm³/mol. The lowest BCUT2D eigenvalue weighted by molar-refractivity contribution is -0.139. The lowest BCUT2D eigenvalue weighted by Crippen LogP contribution is -2.40. The smallest absolute Gasteiger partial charge is 0.360 e. The largest absolute Gasteiger partial charge is 0.480 e. The molecular weight excluding hydrogens is 306 g/mol. The second-order valence-electron chi connectivity index (χ2n) is 5.52. The number of aliphatic carboxylic acids is 1. The van der Waals surface area contributed by atoms with Gasteiger partial charge in [0.1, 0.15) is 6.04 Å². The number of azo groups is 1. The average molecular weight is 325 g/mol. The number of carbonyl (C=O) groups is 2. The van der Waals surface area contributed by atoms with Gasteiger partial charge in [0.15, 0.2) is 0 Å². The highest BCUT2D eigenvalue weighted by molar-refractivity contribution is 5.83. The minimum Gasteiger partial charge on any atom is -0.480 e. The number of rotatable bonds is 5. The van der Waals surface area contributed by atoms with Crippen LogP contribution in [0.25, 0.3) is 0 Å². The minimum absolute atomic E-state index is 0.181. The fourth-order valence-corrected chi connectivity index (χ4v) is 2.15. The Kier molecular flexibility index (Phi) is 5.78. The summed E-state index contributed by atoms with van der Waals surface area (Å²) in [4.78, 5) is 23.2. The Morgan fingerprint density at radius 1 is 1.12 bits per heavy atom. The van der Waals surface area contributed by atoms with Crippen LogP contribution in [-0.2, 0) is 11.2 Å². The molecule has 2 N–H and O–H groups in total. The first-order valence-corrected chi connectivity index (χ1v) is 7.52. The monoisotopic (exact) mass is 325 g/mol. The summed E-state index contributed by atoms with van der Waals surface area (Å²) < 4.78 is 0. The van der Waals surface area contributed by atoms with Crippen LogP contribution in [0.15, 0.2) is 58.8 Å². The number of hydrogen-bond acceptors (Lipinski definition) is 3. The van der Waals surface area contributed by atoms with E-state index in [1.165, 1.54) is 0 Å². The van der Waals surface area contributed by atoms with E-state index in [9.17, 15) is 14.7 Å². The summed E-state index contributed by atoms with van der Waals surface area (Å²) in [6.07, 6.45) is 0.181. The summed E-state index contributed by atoms with van der Waals surface area (Å²) in [5, 5.41) is 19.1. The molecule has 0 spiro atoms. The second-order valence-corrected chi connectivity index (χ2v) is 5.52. The van der Waals surface area contributed by atoms with Gasteiger partial charge >= 0.3 is 12.0 Å². The van der Waals surface area contributed by atoms with Crippen molar-refractivity contribution in [3.05, 3.63) is 65.2 Å². The van der Waals surface area contributed by atoms with Gasteiger partial charge in [0.05, 0.1) is 5.69 Å². The van der Waals surface area contributed by atoms with Crippen LogP contribution >= 0.6 is 0 Å². The highest BCUT2D eigenvalue weighted by atomic mass is 16.4.